The standard InChI is InChI=1S/C15H22N2O3/c1-11(2)13(9-14(18)19)16-15(20)17(3)10-12-7-5-4-6-8-12/h4-8,11,13H,9-10H2,1-3H3,(H,16,20)(H,18,19). The van der Waals surface area contributed by atoms with Crippen LogP contribution in [0.15, 0.2) is 30.3 Å². The monoisotopic (exact) mass is 278 g/mol. The van der Waals surface area contributed by atoms with Gasteiger partial charge in [0.1, 0.15) is 0 Å². The molecule has 5 nitrogen and oxygen atoms in total. The Morgan fingerprint density at radius 1 is 1.25 bits per heavy atom. The normalized spacial score (nSPS) is 12.0. The largest absolute Gasteiger partial charge is 0.481 e. The number of benzene rings is 1. The highest BCUT2D eigenvalue weighted by molar-refractivity contribution is 5.75. The number of urea groups is 1. The van der Waals surface area contributed by atoms with Crippen LogP contribution in [-0.4, -0.2) is 35.1 Å². The van der Waals surface area contributed by atoms with Crippen LogP contribution in [0.4, 0.5) is 4.79 Å². The highest BCUT2D eigenvalue weighted by Gasteiger charge is 2.21. The number of carbonyl (C=O) groups excluding carboxylic acids is 1. The molecule has 0 fully saturated rings. The zero-order valence-corrected chi connectivity index (χ0v) is 12.2. The summed E-state index contributed by atoms with van der Waals surface area (Å²) in [5.74, 6) is -0.838. The molecular weight excluding hydrogens is 256 g/mol. The number of nitrogens with zero attached hydrogens (tertiary/aromatic N) is 1. The lowest BCUT2D eigenvalue weighted by molar-refractivity contribution is -0.137. The molecule has 1 atom stereocenters. The van der Waals surface area contributed by atoms with Crippen molar-refractivity contribution in [1.29, 1.82) is 0 Å². The minimum atomic E-state index is -0.908. The van der Waals surface area contributed by atoms with Crippen molar-refractivity contribution in [1.82, 2.24) is 10.2 Å². The average Bonchev–Trinajstić information content (AvgIpc) is 2.38. The quantitative estimate of drug-likeness (QED) is 0.839. The highest BCUT2D eigenvalue weighted by Crippen LogP contribution is 2.08. The maximum Gasteiger partial charge on any atom is 0.317 e. The van der Waals surface area contributed by atoms with E-state index >= 15 is 0 Å². The molecule has 0 aliphatic heterocycles. The van der Waals surface area contributed by atoms with Gasteiger partial charge < -0.3 is 15.3 Å². The number of carboxylic acid groups (broad SMARTS) is 1. The van der Waals surface area contributed by atoms with Crippen molar-refractivity contribution in [3.8, 4) is 0 Å². The van der Waals surface area contributed by atoms with Crippen LogP contribution in [0.3, 0.4) is 0 Å². The molecule has 0 saturated carbocycles. The summed E-state index contributed by atoms with van der Waals surface area (Å²) >= 11 is 0. The molecule has 2 amide bonds. The molecule has 0 aromatic heterocycles. The van der Waals surface area contributed by atoms with Gasteiger partial charge in [0.15, 0.2) is 0 Å². The van der Waals surface area contributed by atoms with Gasteiger partial charge in [0.2, 0.25) is 0 Å². The summed E-state index contributed by atoms with van der Waals surface area (Å²) in [5.41, 5.74) is 1.03. The Labute approximate surface area is 119 Å². The Kier molecular flexibility index (Phi) is 6.03. The van der Waals surface area contributed by atoms with Gasteiger partial charge in [0.25, 0.3) is 0 Å². The number of nitrogens with one attached hydrogen (secondary N) is 1. The van der Waals surface area contributed by atoms with E-state index in [2.05, 4.69) is 5.32 Å². The van der Waals surface area contributed by atoms with E-state index in [0.29, 0.717) is 6.54 Å². The van der Waals surface area contributed by atoms with Gasteiger partial charge in [-0.1, -0.05) is 44.2 Å². The van der Waals surface area contributed by atoms with Gasteiger partial charge in [0, 0.05) is 19.6 Å². The van der Waals surface area contributed by atoms with Crippen molar-refractivity contribution in [3.63, 3.8) is 0 Å². The van der Waals surface area contributed by atoms with Gasteiger partial charge in [-0.15, -0.1) is 0 Å². The van der Waals surface area contributed by atoms with Gasteiger partial charge in [-0.2, -0.15) is 0 Å². The number of amides is 2. The van der Waals surface area contributed by atoms with E-state index in [9.17, 15) is 9.59 Å². The first-order valence-electron chi connectivity index (χ1n) is 6.67. The second-order valence-electron chi connectivity index (χ2n) is 5.24. The van der Waals surface area contributed by atoms with E-state index in [4.69, 9.17) is 5.11 Å². The SMILES string of the molecule is CC(C)C(CC(=O)O)NC(=O)N(C)Cc1ccccc1. The minimum absolute atomic E-state index is 0.0669. The molecule has 1 unspecified atom stereocenters. The Balaban J connectivity index is 2.57. The van der Waals surface area contributed by atoms with E-state index in [1.54, 1.807) is 11.9 Å². The molecule has 110 valence electrons. The lowest BCUT2D eigenvalue weighted by Crippen LogP contribution is -2.45. The molecule has 0 heterocycles. The fourth-order valence-corrected chi connectivity index (χ4v) is 1.84. The van der Waals surface area contributed by atoms with Crippen LogP contribution in [0.5, 0.6) is 0 Å². The Morgan fingerprint density at radius 3 is 2.35 bits per heavy atom. The van der Waals surface area contributed by atoms with Gasteiger partial charge in [-0.05, 0) is 11.5 Å². The van der Waals surface area contributed by atoms with Crippen LogP contribution in [0.1, 0.15) is 25.8 Å². The van der Waals surface area contributed by atoms with E-state index in [-0.39, 0.29) is 24.4 Å². The van der Waals surface area contributed by atoms with Crippen molar-refractivity contribution < 1.29 is 14.7 Å². The summed E-state index contributed by atoms with van der Waals surface area (Å²) in [6.07, 6.45) is -0.0669. The second kappa shape index (κ2) is 7.53. The molecule has 5 heteroatoms. The maximum absolute atomic E-state index is 12.1. The van der Waals surface area contributed by atoms with Crippen molar-refractivity contribution in [2.45, 2.75) is 32.9 Å². The predicted octanol–water partition coefficient (Wildman–Crippen LogP) is 2.33. The molecule has 0 aliphatic carbocycles. The lowest BCUT2D eigenvalue weighted by Gasteiger charge is -2.25. The molecule has 1 rings (SSSR count). The lowest BCUT2D eigenvalue weighted by atomic mass is 10.0. The van der Waals surface area contributed by atoms with E-state index in [1.807, 2.05) is 44.2 Å². The number of rotatable bonds is 6. The molecule has 1 aromatic carbocycles. The third-order valence-electron chi connectivity index (χ3n) is 3.12. The topological polar surface area (TPSA) is 69.6 Å². The molecule has 0 saturated heterocycles. The van der Waals surface area contributed by atoms with Gasteiger partial charge in [0.05, 0.1) is 6.42 Å². The summed E-state index contributed by atoms with van der Waals surface area (Å²) in [7, 11) is 1.69. The average molecular weight is 278 g/mol. The second-order valence-corrected chi connectivity index (χ2v) is 5.24. The van der Waals surface area contributed by atoms with E-state index in [0.717, 1.165) is 5.56 Å². The molecule has 0 radical (unpaired) electrons. The third-order valence-corrected chi connectivity index (χ3v) is 3.12. The predicted molar refractivity (Wildman–Crippen MR) is 77.3 cm³/mol. The van der Waals surface area contributed by atoms with Gasteiger partial charge in [-0.3, -0.25) is 4.79 Å². The minimum Gasteiger partial charge on any atom is -0.481 e. The number of carbonyl (C=O) groups is 2. The van der Waals surface area contributed by atoms with Crippen molar-refractivity contribution >= 4 is 12.0 Å². The number of carboxylic acids is 1. The van der Waals surface area contributed by atoms with Gasteiger partial charge in [-0.25, -0.2) is 4.79 Å². The van der Waals surface area contributed by atoms with Crippen LogP contribution in [-0.2, 0) is 11.3 Å². The molecular formula is C15H22N2O3. The molecule has 2 N–H and O–H groups in total. The van der Waals surface area contributed by atoms with Crippen LogP contribution in [0.25, 0.3) is 0 Å². The summed E-state index contributed by atoms with van der Waals surface area (Å²) in [6.45, 7) is 4.28. The zero-order valence-electron chi connectivity index (χ0n) is 12.2. The molecule has 0 spiro atoms. The first-order chi connectivity index (χ1) is 9.40. The first-order valence-corrected chi connectivity index (χ1v) is 6.67. The highest BCUT2D eigenvalue weighted by atomic mass is 16.4. The molecule has 0 bridgehead atoms. The van der Waals surface area contributed by atoms with Crippen LogP contribution in [0.2, 0.25) is 0 Å². The maximum atomic E-state index is 12.1. The van der Waals surface area contributed by atoms with Crippen molar-refractivity contribution in [3.05, 3.63) is 35.9 Å². The van der Waals surface area contributed by atoms with E-state index < -0.39 is 5.97 Å². The molecule has 1 aromatic rings. The Hall–Kier alpha value is -2.04. The number of aliphatic carboxylic acids is 1. The smallest absolute Gasteiger partial charge is 0.317 e. The summed E-state index contributed by atoms with van der Waals surface area (Å²) < 4.78 is 0. The van der Waals surface area contributed by atoms with Gasteiger partial charge >= 0.3 is 12.0 Å². The van der Waals surface area contributed by atoms with Crippen LogP contribution in [0, 0.1) is 5.92 Å². The van der Waals surface area contributed by atoms with Crippen molar-refractivity contribution in [2.24, 2.45) is 5.92 Å². The van der Waals surface area contributed by atoms with Crippen LogP contribution >= 0.6 is 0 Å². The summed E-state index contributed by atoms with van der Waals surface area (Å²) in [5, 5.41) is 11.6. The first kappa shape index (κ1) is 16.0. The summed E-state index contributed by atoms with van der Waals surface area (Å²) in [6, 6.07) is 9.03. The Morgan fingerprint density at radius 2 is 1.85 bits per heavy atom. The van der Waals surface area contributed by atoms with Crippen LogP contribution < -0.4 is 5.32 Å². The third kappa shape index (κ3) is 5.30. The van der Waals surface area contributed by atoms with Crippen molar-refractivity contribution in [2.75, 3.05) is 7.05 Å². The molecule has 20 heavy (non-hydrogen) atoms. The number of hydrogen-bond acceptors (Lipinski definition) is 2. The fourth-order valence-electron chi connectivity index (χ4n) is 1.84. The Bertz CT molecular complexity index is 446. The fraction of sp³-hybridized carbons (Fsp3) is 0.467. The molecule has 0 aliphatic rings. The zero-order chi connectivity index (χ0) is 15.1. The summed E-state index contributed by atoms with van der Waals surface area (Å²) in [4.78, 5) is 24.4. The van der Waals surface area contributed by atoms with E-state index in [1.165, 1.54) is 0 Å². The number of hydrogen-bond donors (Lipinski definition) is 2.